The second-order valence-corrected chi connectivity index (χ2v) is 5.41. The van der Waals surface area contributed by atoms with E-state index in [1.165, 1.54) is 0 Å². The van der Waals surface area contributed by atoms with Crippen molar-refractivity contribution in [1.82, 2.24) is 19.6 Å². The van der Waals surface area contributed by atoms with Gasteiger partial charge in [0, 0.05) is 17.0 Å². The van der Waals surface area contributed by atoms with Crippen LogP contribution < -0.4 is 14.2 Å². The van der Waals surface area contributed by atoms with Crippen molar-refractivity contribution < 1.29 is 14.2 Å². The molecule has 0 aliphatic heterocycles. The molecule has 0 radical (unpaired) electrons. The Morgan fingerprint density at radius 2 is 1.56 bits per heavy atom. The van der Waals surface area contributed by atoms with Crippen molar-refractivity contribution in [2.45, 2.75) is 0 Å². The first-order valence-electron chi connectivity index (χ1n) is 7.65. The van der Waals surface area contributed by atoms with E-state index in [1.54, 1.807) is 27.7 Å². The van der Waals surface area contributed by atoms with Gasteiger partial charge in [0.2, 0.25) is 0 Å². The molecule has 0 aliphatic rings. The van der Waals surface area contributed by atoms with Gasteiger partial charge in [-0.15, -0.1) is 10.2 Å². The van der Waals surface area contributed by atoms with E-state index >= 15 is 0 Å². The third-order valence-electron chi connectivity index (χ3n) is 4.10. The molecule has 2 heterocycles. The summed E-state index contributed by atoms with van der Waals surface area (Å²) in [5.41, 5.74) is 2.39. The van der Waals surface area contributed by atoms with Gasteiger partial charge in [0.05, 0.1) is 26.8 Å². The summed E-state index contributed by atoms with van der Waals surface area (Å²) in [5.74, 6) is 2.75. The van der Waals surface area contributed by atoms with Gasteiger partial charge in [0.25, 0.3) is 0 Å². The van der Waals surface area contributed by atoms with Gasteiger partial charge < -0.3 is 14.2 Å². The first-order chi connectivity index (χ1) is 12.2. The maximum absolute atomic E-state index is 5.39. The number of ether oxygens (including phenoxy) is 3. The normalized spacial score (nSPS) is 11.0. The third-order valence-corrected chi connectivity index (χ3v) is 4.10. The van der Waals surface area contributed by atoms with Crippen LogP contribution in [0.5, 0.6) is 17.2 Å². The Labute approximate surface area is 143 Å². The largest absolute Gasteiger partial charge is 0.497 e. The molecule has 0 bridgehead atoms. The highest BCUT2D eigenvalue weighted by Gasteiger charge is 2.14. The van der Waals surface area contributed by atoms with Gasteiger partial charge in [-0.1, -0.05) is 0 Å². The predicted molar refractivity (Wildman–Crippen MR) is 93.4 cm³/mol. The molecule has 126 valence electrons. The van der Waals surface area contributed by atoms with Crippen LogP contribution in [0.3, 0.4) is 0 Å². The second kappa shape index (κ2) is 5.94. The van der Waals surface area contributed by atoms with Crippen LogP contribution in [-0.4, -0.2) is 40.9 Å². The quantitative estimate of drug-likeness (QED) is 0.570. The Kier molecular flexibility index (Phi) is 3.61. The fraction of sp³-hybridized carbons (Fsp3) is 0.167. The summed E-state index contributed by atoms with van der Waals surface area (Å²) in [6.45, 7) is 0. The van der Waals surface area contributed by atoms with Gasteiger partial charge >= 0.3 is 0 Å². The molecule has 0 spiro atoms. The van der Waals surface area contributed by atoms with Gasteiger partial charge in [-0.3, -0.25) is 4.40 Å². The average Bonchev–Trinajstić information content (AvgIpc) is 3.11. The number of fused-ring (bicyclic) bond motifs is 3. The van der Waals surface area contributed by atoms with Crippen molar-refractivity contribution in [3.05, 3.63) is 42.7 Å². The summed E-state index contributed by atoms with van der Waals surface area (Å²) in [7, 11) is 4.84. The fourth-order valence-electron chi connectivity index (χ4n) is 2.80. The standard InChI is InChI=1S/C18H16N4O3/c1-23-12-6-4-11(5-7-12)17-20-21-18-13-8-15(24-2)16(25-3)9-14(13)19-10-22(17)18/h4-10H,1-3H3. The molecule has 0 fully saturated rings. The Balaban J connectivity index is 1.92. The molecule has 7 nitrogen and oxygen atoms in total. The Hall–Kier alpha value is -3.35. The molecular formula is C18H16N4O3. The van der Waals surface area contributed by atoms with E-state index in [2.05, 4.69) is 15.2 Å². The lowest BCUT2D eigenvalue weighted by Gasteiger charge is -2.09. The monoisotopic (exact) mass is 336 g/mol. The molecule has 4 rings (SSSR count). The summed E-state index contributed by atoms with van der Waals surface area (Å²) < 4.78 is 17.8. The van der Waals surface area contributed by atoms with Crippen molar-refractivity contribution in [3.63, 3.8) is 0 Å². The Morgan fingerprint density at radius 3 is 2.24 bits per heavy atom. The van der Waals surface area contributed by atoms with Crippen molar-refractivity contribution in [2.24, 2.45) is 0 Å². The lowest BCUT2D eigenvalue weighted by atomic mass is 10.2. The summed E-state index contributed by atoms with van der Waals surface area (Å²) in [6, 6.07) is 11.3. The van der Waals surface area contributed by atoms with E-state index in [1.807, 2.05) is 40.8 Å². The minimum Gasteiger partial charge on any atom is -0.497 e. The third kappa shape index (κ3) is 2.40. The van der Waals surface area contributed by atoms with Crippen molar-refractivity contribution in [2.75, 3.05) is 21.3 Å². The lowest BCUT2D eigenvalue weighted by Crippen LogP contribution is -1.95. The van der Waals surface area contributed by atoms with Crippen LogP contribution in [-0.2, 0) is 0 Å². The zero-order valence-electron chi connectivity index (χ0n) is 14.1. The SMILES string of the molecule is COc1ccc(-c2nnc3c4cc(OC)c(OC)cc4ncn23)cc1. The smallest absolute Gasteiger partial charge is 0.171 e. The molecule has 0 unspecified atom stereocenters. The second-order valence-electron chi connectivity index (χ2n) is 5.41. The molecule has 0 saturated heterocycles. The van der Waals surface area contributed by atoms with Gasteiger partial charge in [-0.25, -0.2) is 4.98 Å². The lowest BCUT2D eigenvalue weighted by molar-refractivity contribution is 0.356. The summed E-state index contributed by atoms with van der Waals surface area (Å²) >= 11 is 0. The number of nitrogens with zero attached hydrogens (tertiary/aromatic N) is 4. The van der Waals surface area contributed by atoms with E-state index in [0.717, 1.165) is 22.2 Å². The molecule has 2 aromatic carbocycles. The highest BCUT2D eigenvalue weighted by molar-refractivity contribution is 5.94. The molecule has 0 atom stereocenters. The van der Waals surface area contributed by atoms with Crippen LogP contribution in [0.1, 0.15) is 0 Å². The maximum atomic E-state index is 5.39. The van der Waals surface area contributed by atoms with E-state index < -0.39 is 0 Å². The van der Waals surface area contributed by atoms with Crippen LogP contribution in [0, 0.1) is 0 Å². The summed E-state index contributed by atoms with van der Waals surface area (Å²) in [5, 5.41) is 9.51. The molecule has 0 saturated carbocycles. The number of benzene rings is 2. The van der Waals surface area contributed by atoms with Gasteiger partial charge in [0.15, 0.2) is 23.0 Å². The summed E-state index contributed by atoms with van der Waals surface area (Å²) in [6.07, 6.45) is 1.71. The molecule has 0 N–H and O–H groups in total. The zero-order valence-corrected chi connectivity index (χ0v) is 14.1. The van der Waals surface area contributed by atoms with E-state index in [9.17, 15) is 0 Å². The highest BCUT2D eigenvalue weighted by Crippen LogP contribution is 2.33. The Morgan fingerprint density at radius 1 is 0.840 bits per heavy atom. The van der Waals surface area contributed by atoms with Crippen LogP contribution in [0.2, 0.25) is 0 Å². The zero-order chi connectivity index (χ0) is 17.4. The predicted octanol–water partition coefficient (Wildman–Crippen LogP) is 2.97. The van der Waals surface area contributed by atoms with Gasteiger partial charge in [-0.2, -0.15) is 0 Å². The maximum Gasteiger partial charge on any atom is 0.171 e. The first-order valence-corrected chi connectivity index (χ1v) is 7.65. The van der Waals surface area contributed by atoms with E-state index in [0.29, 0.717) is 23.0 Å². The van der Waals surface area contributed by atoms with Crippen molar-refractivity contribution >= 4 is 16.6 Å². The van der Waals surface area contributed by atoms with Gasteiger partial charge in [-0.05, 0) is 30.3 Å². The summed E-state index contributed by atoms with van der Waals surface area (Å²) in [4.78, 5) is 4.51. The fourth-order valence-corrected chi connectivity index (χ4v) is 2.80. The molecular weight excluding hydrogens is 320 g/mol. The average molecular weight is 336 g/mol. The number of hydrogen-bond donors (Lipinski definition) is 0. The van der Waals surface area contributed by atoms with E-state index in [-0.39, 0.29) is 0 Å². The van der Waals surface area contributed by atoms with Crippen LogP contribution in [0.15, 0.2) is 42.7 Å². The molecule has 0 amide bonds. The number of methoxy groups -OCH3 is 3. The molecule has 25 heavy (non-hydrogen) atoms. The van der Waals surface area contributed by atoms with Crippen molar-refractivity contribution in [1.29, 1.82) is 0 Å². The van der Waals surface area contributed by atoms with Gasteiger partial charge in [0.1, 0.15) is 12.1 Å². The highest BCUT2D eigenvalue weighted by atomic mass is 16.5. The number of hydrogen-bond acceptors (Lipinski definition) is 6. The topological polar surface area (TPSA) is 70.8 Å². The molecule has 4 aromatic rings. The minimum absolute atomic E-state index is 0.624. The van der Waals surface area contributed by atoms with Crippen molar-refractivity contribution in [3.8, 4) is 28.6 Å². The molecule has 0 aliphatic carbocycles. The number of rotatable bonds is 4. The number of aromatic nitrogens is 4. The molecule has 7 heteroatoms. The first kappa shape index (κ1) is 15.2. The van der Waals surface area contributed by atoms with Crippen LogP contribution in [0.4, 0.5) is 0 Å². The van der Waals surface area contributed by atoms with Crippen LogP contribution in [0.25, 0.3) is 27.9 Å². The Bertz CT molecular complexity index is 1060. The van der Waals surface area contributed by atoms with Crippen LogP contribution >= 0.6 is 0 Å². The minimum atomic E-state index is 0.624. The molecule has 2 aromatic heterocycles. The van der Waals surface area contributed by atoms with E-state index in [4.69, 9.17) is 14.2 Å².